The molecule has 1 N–H and O–H groups in total. The molecule has 1 atom stereocenters. The fourth-order valence-electron chi connectivity index (χ4n) is 2.82. The second-order valence-corrected chi connectivity index (χ2v) is 7.35. The topological polar surface area (TPSA) is 24.5 Å². The summed E-state index contributed by atoms with van der Waals surface area (Å²) in [6.45, 7) is 1.84. The lowest BCUT2D eigenvalue weighted by Crippen LogP contribution is -2.39. The van der Waals surface area contributed by atoms with Crippen LogP contribution in [0.25, 0.3) is 0 Å². The van der Waals surface area contributed by atoms with Gasteiger partial charge in [-0.3, -0.25) is 0 Å². The van der Waals surface area contributed by atoms with Crippen molar-refractivity contribution in [3.63, 3.8) is 0 Å². The maximum absolute atomic E-state index is 14.1. The molecule has 3 rings (SSSR count). The molecule has 3 nitrogen and oxygen atoms in total. The third kappa shape index (κ3) is 5.23. The van der Waals surface area contributed by atoms with Crippen LogP contribution in [0.1, 0.15) is 18.4 Å². The molecule has 0 saturated carbocycles. The van der Waals surface area contributed by atoms with Crippen LogP contribution < -0.4 is 5.32 Å². The van der Waals surface area contributed by atoms with Gasteiger partial charge in [-0.2, -0.15) is 0 Å². The molecular weight excluding hydrogens is 403 g/mol. The summed E-state index contributed by atoms with van der Waals surface area (Å²) in [5, 5.41) is 3.81. The molecule has 0 aliphatic carbocycles. The lowest BCUT2D eigenvalue weighted by atomic mass is 10.2. The zero-order valence-electron chi connectivity index (χ0n) is 13.8. The maximum Gasteiger partial charge on any atom is 0.173 e. The number of ether oxygens (including phenoxy) is 1. The Morgan fingerprint density at radius 3 is 2.68 bits per heavy atom. The van der Waals surface area contributed by atoms with Gasteiger partial charge in [-0.1, -0.05) is 34.1 Å². The van der Waals surface area contributed by atoms with Crippen LogP contribution in [-0.4, -0.2) is 29.3 Å². The molecule has 1 saturated heterocycles. The summed E-state index contributed by atoms with van der Waals surface area (Å²) in [6.07, 6.45) is 2.20. The molecule has 0 radical (unpaired) electrons. The van der Waals surface area contributed by atoms with Crippen molar-refractivity contribution < 1.29 is 9.13 Å². The first kappa shape index (κ1) is 18.3. The van der Waals surface area contributed by atoms with Gasteiger partial charge in [0.25, 0.3) is 0 Å². The van der Waals surface area contributed by atoms with Gasteiger partial charge in [-0.05, 0) is 55.4 Å². The van der Waals surface area contributed by atoms with E-state index in [0.29, 0.717) is 23.8 Å². The third-order valence-corrected chi connectivity index (χ3v) is 5.04. The molecule has 2 aromatic rings. The van der Waals surface area contributed by atoms with Crippen molar-refractivity contribution in [2.75, 3.05) is 18.5 Å². The Labute approximate surface area is 161 Å². The monoisotopic (exact) mass is 422 g/mol. The number of rotatable bonds is 5. The average molecular weight is 423 g/mol. The van der Waals surface area contributed by atoms with E-state index in [1.165, 1.54) is 6.07 Å². The summed E-state index contributed by atoms with van der Waals surface area (Å²) >= 11 is 9.01. The van der Waals surface area contributed by atoms with Crippen molar-refractivity contribution in [3.05, 3.63) is 64.4 Å². The van der Waals surface area contributed by atoms with Crippen molar-refractivity contribution in [1.82, 2.24) is 4.90 Å². The normalized spacial score (nSPS) is 16.6. The maximum atomic E-state index is 14.1. The van der Waals surface area contributed by atoms with Crippen LogP contribution in [0.4, 0.5) is 10.1 Å². The van der Waals surface area contributed by atoms with Gasteiger partial charge >= 0.3 is 0 Å². The SMILES string of the molecule is Fc1ccccc1CN(CC1CCCO1)C(=S)Nc1ccc(Br)cc1. The number of hydrogen-bond acceptors (Lipinski definition) is 2. The van der Waals surface area contributed by atoms with E-state index in [1.54, 1.807) is 12.1 Å². The summed E-state index contributed by atoms with van der Waals surface area (Å²) in [5.74, 6) is -0.216. The summed E-state index contributed by atoms with van der Waals surface area (Å²) in [5.41, 5.74) is 1.53. The lowest BCUT2D eigenvalue weighted by molar-refractivity contribution is 0.0903. The minimum Gasteiger partial charge on any atom is -0.376 e. The fraction of sp³-hybridized carbons (Fsp3) is 0.316. The lowest BCUT2D eigenvalue weighted by Gasteiger charge is -2.28. The molecule has 6 heteroatoms. The van der Waals surface area contributed by atoms with E-state index in [9.17, 15) is 4.39 Å². The highest BCUT2D eigenvalue weighted by atomic mass is 79.9. The van der Waals surface area contributed by atoms with Crippen LogP contribution in [0.15, 0.2) is 53.0 Å². The molecule has 132 valence electrons. The molecule has 1 heterocycles. The van der Waals surface area contributed by atoms with Crippen LogP contribution in [0.3, 0.4) is 0 Å². The van der Waals surface area contributed by atoms with E-state index in [-0.39, 0.29) is 11.9 Å². The predicted molar refractivity (Wildman–Crippen MR) is 106 cm³/mol. The van der Waals surface area contributed by atoms with Crippen molar-refractivity contribution in [3.8, 4) is 0 Å². The van der Waals surface area contributed by atoms with Gasteiger partial charge in [0.1, 0.15) is 5.82 Å². The minimum atomic E-state index is -0.216. The summed E-state index contributed by atoms with van der Waals surface area (Å²) < 4.78 is 20.8. The van der Waals surface area contributed by atoms with Crippen molar-refractivity contribution in [2.45, 2.75) is 25.5 Å². The first-order chi connectivity index (χ1) is 12.1. The first-order valence-electron chi connectivity index (χ1n) is 8.28. The van der Waals surface area contributed by atoms with Crippen molar-refractivity contribution in [1.29, 1.82) is 0 Å². The largest absolute Gasteiger partial charge is 0.376 e. The van der Waals surface area contributed by atoms with E-state index in [2.05, 4.69) is 21.2 Å². The van der Waals surface area contributed by atoms with Gasteiger partial charge in [0.15, 0.2) is 5.11 Å². The van der Waals surface area contributed by atoms with Crippen LogP contribution >= 0.6 is 28.1 Å². The number of nitrogens with one attached hydrogen (secondary N) is 1. The molecule has 0 bridgehead atoms. The van der Waals surface area contributed by atoms with Crippen molar-refractivity contribution >= 4 is 38.9 Å². The molecule has 1 unspecified atom stereocenters. The average Bonchev–Trinajstić information content (AvgIpc) is 3.11. The zero-order valence-corrected chi connectivity index (χ0v) is 16.2. The number of thiocarbonyl (C=S) groups is 1. The van der Waals surface area contributed by atoms with Gasteiger partial charge < -0.3 is 15.0 Å². The highest BCUT2D eigenvalue weighted by Crippen LogP contribution is 2.19. The molecule has 0 aromatic heterocycles. The molecule has 0 amide bonds. The standard InChI is InChI=1S/C19H20BrFN2OS/c20-15-7-9-16(10-8-15)22-19(25)23(13-17-5-3-11-24-17)12-14-4-1-2-6-18(14)21/h1-2,4,6-10,17H,3,5,11-13H2,(H,22,25). The Morgan fingerprint density at radius 2 is 2.00 bits per heavy atom. The van der Waals surface area contributed by atoms with Gasteiger partial charge in [-0.25, -0.2) is 4.39 Å². The second-order valence-electron chi connectivity index (χ2n) is 6.04. The quantitative estimate of drug-likeness (QED) is 0.687. The van der Waals surface area contributed by atoms with E-state index in [4.69, 9.17) is 17.0 Å². The first-order valence-corrected chi connectivity index (χ1v) is 9.48. The molecule has 0 spiro atoms. The highest BCUT2D eigenvalue weighted by molar-refractivity contribution is 9.10. The number of benzene rings is 2. The highest BCUT2D eigenvalue weighted by Gasteiger charge is 2.22. The van der Waals surface area contributed by atoms with Crippen molar-refractivity contribution in [2.24, 2.45) is 0 Å². The number of hydrogen-bond donors (Lipinski definition) is 1. The smallest absolute Gasteiger partial charge is 0.173 e. The van der Waals surface area contributed by atoms with Crippen LogP contribution in [0.5, 0.6) is 0 Å². The van der Waals surface area contributed by atoms with E-state index < -0.39 is 0 Å². The Morgan fingerprint density at radius 1 is 1.24 bits per heavy atom. The number of halogens is 2. The Balaban J connectivity index is 1.73. The van der Waals surface area contributed by atoms with Gasteiger partial charge in [0, 0.05) is 35.4 Å². The zero-order chi connectivity index (χ0) is 17.6. The van der Waals surface area contributed by atoms with E-state index in [0.717, 1.165) is 29.6 Å². The van der Waals surface area contributed by atoms with Gasteiger partial charge in [0.05, 0.1) is 6.10 Å². The number of anilines is 1. The van der Waals surface area contributed by atoms with Crippen LogP contribution in [-0.2, 0) is 11.3 Å². The van der Waals surface area contributed by atoms with Crippen LogP contribution in [0.2, 0.25) is 0 Å². The molecule has 25 heavy (non-hydrogen) atoms. The Hall–Kier alpha value is -1.50. The number of nitrogens with zero attached hydrogens (tertiary/aromatic N) is 1. The molecule has 1 aliphatic rings. The molecule has 1 fully saturated rings. The minimum absolute atomic E-state index is 0.136. The molecule has 2 aromatic carbocycles. The Kier molecular flexibility index (Phi) is 6.39. The molecule has 1 aliphatic heterocycles. The van der Waals surface area contributed by atoms with Gasteiger partial charge in [0.2, 0.25) is 0 Å². The second kappa shape index (κ2) is 8.74. The molecular formula is C19H20BrFN2OS. The predicted octanol–water partition coefficient (Wildman–Crippen LogP) is 4.97. The third-order valence-electron chi connectivity index (χ3n) is 4.15. The summed E-state index contributed by atoms with van der Waals surface area (Å²) in [6, 6.07) is 14.6. The van der Waals surface area contributed by atoms with E-state index >= 15 is 0 Å². The van der Waals surface area contributed by atoms with Crippen LogP contribution in [0, 0.1) is 5.82 Å². The summed E-state index contributed by atoms with van der Waals surface area (Å²) in [7, 11) is 0. The Bertz CT molecular complexity index is 720. The van der Waals surface area contributed by atoms with E-state index in [1.807, 2.05) is 35.2 Å². The summed E-state index contributed by atoms with van der Waals surface area (Å²) in [4.78, 5) is 1.98. The van der Waals surface area contributed by atoms with Gasteiger partial charge in [-0.15, -0.1) is 0 Å². The fourth-order valence-corrected chi connectivity index (χ4v) is 3.34.